The standard InChI is InChI=1S/C46H33N5S/c1-46(2)36-20-12-13-21-40(36)52-41-27-26-35(28-37(41)46)39-29-38(30-14-6-3-7-15-30)47-42(48-39)33-22-24-34(25-23-33)45-50-43(31-16-8-4-9-17-31)49-44(51-45)32-18-10-5-11-19-32/h3-29H,1-2H3. The first kappa shape index (κ1) is 31.7. The summed E-state index contributed by atoms with van der Waals surface area (Å²) in [6.45, 7) is 4.63. The molecule has 0 amide bonds. The van der Waals surface area contributed by atoms with Crippen molar-refractivity contribution >= 4 is 11.8 Å². The number of rotatable bonds is 6. The normalized spacial score (nSPS) is 12.9. The zero-order chi connectivity index (χ0) is 35.1. The molecule has 8 aromatic rings. The highest BCUT2D eigenvalue weighted by molar-refractivity contribution is 7.99. The third-order valence-electron chi connectivity index (χ3n) is 9.63. The number of aromatic nitrogens is 5. The molecule has 0 spiro atoms. The molecule has 0 bridgehead atoms. The van der Waals surface area contributed by atoms with Gasteiger partial charge in [0.05, 0.1) is 11.4 Å². The first-order chi connectivity index (χ1) is 25.5. The summed E-state index contributed by atoms with van der Waals surface area (Å²) >= 11 is 1.84. The van der Waals surface area contributed by atoms with E-state index in [9.17, 15) is 0 Å². The summed E-state index contributed by atoms with van der Waals surface area (Å²) in [6.07, 6.45) is 0. The van der Waals surface area contributed by atoms with Gasteiger partial charge in [0, 0.05) is 48.6 Å². The molecule has 9 rings (SSSR count). The molecule has 0 fully saturated rings. The van der Waals surface area contributed by atoms with Crippen LogP contribution in [0, 0.1) is 0 Å². The lowest BCUT2D eigenvalue weighted by molar-refractivity contribution is 0.607. The Morgan fingerprint density at radius 3 is 1.31 bits per heavy atom. The molecule has 5 nitrogen and oxygen atoms in total. The maximum absolute atomic E-state index is 5.19. The smallest absolute Gasteiger partial charge is 0.164 e. The molecule has 0 atom stereocenters. The van der Waals surface area contributed by atoms with E-state index in [4.69, 9.17) is 24.9 Å². The maximum Gasteiger partial charge on any atom is 0.164 e. The largest absolute Gasteiger partial charge is 0.228 e. The Morgan fingerprint density at radius 2 is 0.750 bits per heavy atom. The predicted molar refractivity (Wildman–Crippen MR) is 211 cm³/mol. The van der Waals surface area contributed by atoms with Crippen LogP contribution in [-0.2, 0) is 5.41 Å². The van der Waals surface area contributed by atoms with E-state index in [0.717, 1.165) is 44.8 Å². The minimum atomic E-state index is -0.142. The molecule has 0 unspecified atom stereocenters. The third-order valence-corrected chi connectivity index (χ3v) is 10.8. The van der Waals surface area contributed by atoms with Crippen molar-refractivity contribution in [3.63, 3.8) is 0 Å². The van der Waals surface area contributed by atoms with Gasteiger partial charge >= 0.3 is 0 Å². The van der Waals surface area contributed by atoms with Crippen LogP contribution >= 0.6 is 11.8 Å². The average molecular weight is 688 g/mol. The van der Waals surface area contributed by atoms with Crippen LogP contribution in [0.1, 0.15) is 25.0 Å². The van der Waals surface area contributed by atoms with Crippen LogP contribution < -0.4 is 0 Å². The molecule has 6 aromatic carbocycles. The van der Waals surface area contributed by atoms with Crippen molar-refractivity contribution in [2.45, 2.75) is 29.1 Å². The molecular formula is C46H33N5S. The van der Waals surface area contributed by atoms with E-state index in [0.29, 0.717) is 23.3 Å². The molecule has 1 aliphatic heterocycles. The number of benzene rings is 6. The van der Waals surface area contributed by atoms with Crippen LogP contribution in [0.25, 0.3) is 68.1 Å². The third kappa shape index (κ3) is 5.97. The van der Waals surface area contributed by atoms with Crippen LogP contribution in [0.2, 0.25) is 0 Å². The van der Waals surface area contributed by atoms with E-state index in [1.807, 2.05) is 103 Å². The Bertz CT molecular complexity index is 2490. The molecular weight excluding hydrogens is 655 g/mol. The van der Waals surface area contributed by atoms with Gasteiger partial charge in [0.2, 0.25) is 0 Å². The molecule has 6 heteroatoms. The van der Waals surface area contributed by atoms with Crippen LogP contribution in [0.5, 0.6) is 0 Å². The van der Waals surface area contributed by atoms with Crippen molar-refractivity contribution in [2.24, 2.45) is 0 Å². The number of hydrogen-bond donors (Lipinski definition) is 0. The monoisotopic (exact) mass is 687 g/mol. The second-order valence-corrected chi connectivity index (χ2v) is 14.5. The molecule has 0 saturated carbocycles. The van der Waals surface area contributed by atoms with Gasteiger partial charge < -0.3 is 0 Å². The molecule has 0 aliphatic carbocycles. The first-order valence-corrected chi connectivity index (χ1v) is 18.2. The fourth-order valence-corrected chi connectivity index (χ4v) is 8.17. The first-order valence-electron chi connectivity index (χ1n) is 17.3. The highest BCUT2D eigenvalue weighted by Gasteiger charge is 2.33. The van der Waals surface area contributed by atoms with Gasteiger partial charge in [0.15, 0.2) is 23.3 Å². The fraction of sp³-hybridized carbons (Fsp3) is 0.0652. The summed E-state index contributed by atoms with van der Waals surface area (Å²) in [5.74, 6) is 2.53. The Morgan fingerprint density at radius 1 is 0.346 bits per heavy atom. The number of fused-ring (bicyclic) bond motifs is 2. The molecule has 52 heavy (non-hydrogen) atoms. The Kier molecular flexibility index (Phi) is 8.02. The number of nitrogens with zero attached hydrogens (tertiary/aromatic N) is 5. The van der Waals surface area contributed by atoms with Crippen LogP contribution in [-0.4, -0.2) is 24.9 Å². The average Bonchev–Trinajstić information content (AvgIpc) is 3.21. The van der Waals surface area contributed by atoms with Gasteiger partial charge in [-0.2, -0.15) is 0 Å². The highest BCUT2D eigenvalue weighted by atomic mass is 32.2. The van der Waals surface area contributed by atoms with Gasteiger partial charge in [-0.3, -0.25) is 0 Å². The van der Waals surface area contributed by atoms with E-state index < -0.39 is 0 Å². The summed E-state index contributed by atoms with van der Waals surface area (Å²) < 4.78 is 0. The molecule has 3 heterocycles. The van der Waals surface area contributed by atoms with Gasteiger partial charge in [-0.15, -0.1) is 0 Å². The summed E-state index contributed by atoms with van der Waals surface area (Å²) in [5, 5.41) is 0. The fourth-order valence-electron chi connectivity index (χ4n) is 6.79. The quantitative estimate of drug-likeness (QED) is 0.173. The van der Waals surface area contributed by atoms with Crippen LogP contribution in [0.4, 0.5) is 0 Å². The van der Waals surface area contributed by atoms with Gasteiger partial charge in [0.1, 0.15) is 0 Å². The van der Waals surface area contributed by atoms with E-state index >= 15 is 0 Å². The number of hydrogen-bond acceptors (Lipinski definition) is 6. The summed E-state index contributed by atoms with van der Waals surface area (Å²) in [7, 11) is 0. The van der Waals surface area contributed by atoms with Crippen molar-refractivity contribution in [3.8, 4) is 68.1 Å². The lowest BCUT2D eigenvalue weighted by Crippen LogP contribution is -2.23. The van der Waals surface area contributed by atoms with Gasteiger partial charge in [-0.05, 0) is 35.4 Å². The highest BCUT2D eigenvalue weighted by Crippen LogP contribution is 2.49. The second kappa shape index (κ2) is 13.1. The minimum absolute atomic E-state index is 0.142. The molecule has 1 aliphatic rings. The van der Waals surface area contributed by atoms with Gasteiger partial charge in [-0.25, -0.2) is 24.9 Å². The zero-order valence-corrected chi connectivity index (χ0v) is 29.5. The van der Waals surface area contributed by atoms with Crippen molar-refractivity contribution in [3.05, 3.63) is 175 Å². The Hall–Kier alpha value is -6.24. The van der Waals surface area contributed by atoms with E-state index in [1.54, 1.807) is 0 Å². The Balaban J connectivity index is 1.13. The van der Waals surface area contributed by atoms with Crippen molar-refractivity contribution in [2.75, 3.05) is 0 Å². The lowest BCUT2D eigenvalue weighted by atomic mass is 9.77. The zero-order valence-electron chi connectivity index (χ0n) is 28.7. The molecule has 0 radical (unpaired) electrons. The van der Waals surface area contributed by atoms with Crippen LogP contribution in [0.3, 0.4) is 0 Å². The van der Waals surface area contributed by atoms with Crippen molar-refractivity contribution in [1.82, 2.24) is 24.9 Å². The van der Waals surface area contributed by atoms with Crippen molar-refractivity contribution in [1.29, 1.82) is 0 Å². The molecule has 2 aromatic heterocycles. The van der Waals surface area contributed by atoms with E-state index in [-0.39, 0.29) is 5.41 Å². The Labute approximate surface area is 307 Å². The van der Waals surface area contributed by atoms with E-state index in [2.05, 4.69) is 86.6 Å². The van der Waals surface area contributed by atoms with E-state index in [1.165, 1.54) is 20.9 Å². The second-order valence-electron chi connectivity index (χ2n) is 13.4. The van der Waals surface area contributed by atoms with Crippen LogP contribution in [0.15, 0.2) is 174 Å². The lowest BCUT2D eigenvalue weighted by Gasteiger charge is -2.34. The topological polar surface area (TPSA) is 64.5 Å². The predicted octanol–water partition coefficient (Wildman–Crippen LogP) is 11.5. The minimum Gasteiger partial charge on any atom is -0.228 e. The van der Waals surface area contributed by atoms with Crippen molar-refractivity contribution < 1.29 is 0 Å². The summed E-state index contributed by atoms with van der Waals surface area (Å²) in [6, 6.07) is 56.1. The molecule has 0 N–H and O–H groups in total. The summed E-state index contributed by atoms with van der Waals surface area (Å²) in [4.78, 5) is 27.6. The van der Waals surface area contributed by atoms with Gasteiger partial charge in [0.25, 0.3) is 0 Å². The van der Waals surface area contributed by atoms with Gasteiger partial charge in [-0.1, -0.05) is 165 Å². The molecule has 0 saturated heterocycles. The molecule has 248 valence electrons. The summed E-state index contributed by atoms with van der Waals surface area (Å²) in [5.41, 5.74) is 10.0. The SMILES string of the molecule is CC1(C)c2ccccc2Sc2ccc(-c3cc(-c4ccccc4)nc(-c4ccc(-c5nc(-c6ccccc6)nc(-c6ccccc6)n5)cc4)n3)cc21. The maximum atomic E-state index is 5.19.